The fraction of sp³-hybridized carbons (Fsp3) is 0.529. The highest BCUT2D eigenvalue weighted by Crippen LogP contribution is 2.31. The molecule has 0 atom stereocenters. The second kappa shape index (κ2) is 6.92. The third-order valence-corrected chi connectivity index (χ3v) is 4.56. The average Bonchev–Trinajstić information content (AvgIpc) is 3.35. The summed E-state index contributed by atoms with van der Waals surface area (Å²) in [5.74, 6) is 0.149. The van der Waals surface area contributed by atoms with Gasteiger partial charge in [-0.3, -0.25) is 9.59 Å². The Balaban J connectivity index is 2.06. The minimum atomic E-state index is -0.534. The highest BCUT2D eigenvalue weighted by atomic mass is 16.2. The van der Waals surface area contributed by atoms with E-state index in [2.05, 4.69) is 10.6 Å². The molecule has 0 saturated heterocycles. The first kappa shape index (κ1) is 16.5. The van der Waals surface area contributed by atoms with E-state index in [1.807, 2.05) is 32.0 Å². The van der Waals surface area contributed by atoms with E-state index >= 15 is 0 Å². The monoisotopic (exact) mass is 303 g/mol. The number of carbonyl (C=O) groups excluding carboxylic acids is 2. The maximum absolute atomic E-state index is 12.5. The lowest BCUT2D eigenvalue weighted by Crippen LogP contribution is -2.41. The predicted molar refractivity (Wildman–Crippen MR) is 88.5 cm³/mol. The van der Waals surface area contributed by atoms with Crippen LogP contribution in [0.1, 0.15) is 39.5 Å². The van der Waals surface area contributed by atoms with Gasteiger partial charge in [0, 0.05) is 23.8 Å². The van der Waals surface area contributed by atoms with Gasteiger partial charge in [0.1, 0.15) is 0 Å². The molecule has 0 aliphatic heterocycles. The Morgan fingerprint density at radius 1 is 1.18 bits per heavy atom. The lowest BCUT2D eigenvalue weighted by molar-refractivity contribution is -0.125. The van der Waals surface area contributed by atoms with E-state index < -0.39 is 5.41 Å². The van der Waals surface area contributed by atoms with Crippen molar-refractivity contribution in [2.75, 3.05) is 17.2 Å². The van der Waals surface area contributed by atoms with E-state index in [-0.39, 0.29) is 17.7 Å². The summed E-state index contributed by atoms with van der Waals surface area (Å²) in [4.78, 5) is 24.3. The molecule has 0 radical (unpaired) electrons. The van der Waals surface area contributed by atoms with E-state index in [4.69, 9.17) is 5.73 Å². The Morgan fingerprint density at radius 3 is 2.27 bits per heavy atom. The van der Waals surface area contributed by atoms with Gasteiger partial charge in [-0.25, -0.2) is 0 Å². The zero-order valence-corrected chi connectivity index (χ0v) is 13.3. The molecule has 0 heterocycles. The molecule has 22 heavy (non-hydrogen) atoms. The molecule has 1 fully saturated rings. The Bertz CT molecular complexity index is 540. The molecule has 1 aliphatic rings. The summed E-state index contributed by atoms with van der Waals surface area (Å²) < 4.78 is 0. The van der Waals surface area contributed by atoms with E-state index in [9.17, 15) is 9.59 Å². The van der Waals surface area contributed by atoms with Crippen molar-refractivity contribution in [3.8, 4) is 0 Å². The molecular formula is C17H25N3O2. The third-order valence-electron chi connectivity index (χ3n) is 4.56. The largest absolute Gasteiger partial charge is 0.329 e. The number of nitrogens with one attached hydrogen (secondary N) is 2. The van der Waals surface area contributed by atoms with Crippen molar-refractivity contribution in [1.29, 1.82) is 0 Å². The normalized spacial score (nSPS) is 14.5. The van der Waals surface area contributed by atoms with Gasteiger partial charge in [0.15, 0.2) is 0 Å². The quantitative estimate of drug-likeness (QED) is 0.724. The van der Waals surface area contributed by atoms with Crippen LogP contribution < -0.4 is 16.4 Å². The first-order chi connectivity index (χ1) is 10.5. The number of hydrogen-bond donors (Lipinski definition) is 3. The smallest absolute Gasteiger partial charge is 0.231 e. The van der Waals surface area contributed by atoms with Crippen LogP contribution in [-0.2, 0) is 9.59 Å². The van der Waals surface area contributed by atoms with Gasteiger partial charge in [-0.15, -0.1) is 0 Å². The number of hydrogen-bond acceptors (Lipinski definition) is 3. The molecule has 5 heteroatoms. The highest BCUT2D eigenvalue weighted by molar-refractivity contribution is 5.97. The Morgan fingerprint density at radius 2 is 1.77 bits per heavy atom. The number of nitrogens with two attached hydrogens (primary N) is 1. The SMILES string of the molecule is CCC(CC)(CN)C(=O)Nc1cccc(NC(=O)C2CC2)c1. The number of benzene rings is 1. The van der Waals surface area contributed by atoms with E-state index in [1.165, 1.54) is 0 Å². The van der Waals surface area contributed by atoms with Crippen LogP contribution in [0.4, 0.5) is 11.4 Å². The first-order valence-corrected chi connectivity index (χ1v) is 7.97. The molecule has 0 unspecified atom stereocenters. The molecule has 5 nitrogen and oxygen atoms in total. The van der Waals surface area contributed by atoms with Crippen LogP contribution in [0.5, 0.6) is 0 Å². The Hall–Kier alpha value is -1.88. The van der Waals surface area contributed by atoms with Crippen LogP contribution >= 0.6 is 0 Å². The van der Waals surface area contributed by atoms with E-state index in [0.29, 0.717) is 30.8 Å². The minimum absolute atomic E-state index is 0.0573. The molecule has 0 aromatic heterocycles. The third kappa shape index (κ3) is 3.65. The Labute approximate surface area is 131 Å². The molecule has 0 bridgehead atoms. The second-order valence-electron chi connectivity index (χ2n) is 5.99. The van der Waals surface area contributed by atoms with Crippen molar-refractivity contribution in [3.63, 3.8) is 0 Å². The number of carbonyl (C=O) groups is 2. The van der Waals surface area contributed by atoms with Crippen molar-refractivity contribution in [1.82, 2.24) is 0 Å². The van der Waals surface area contributed by atoms with Gasteiger partial charge in [0.05, 0.1) is 5.41 Å². The molecule has 120 valence electrons. The average molecular weight is 303 g/mol. The number of anilines is 2. The second-order valence-corrected chi connectivity index (χ2v) is 5.99. The van der Waals surface area contributed by atoms with Gasteiger partial charge < -0.3 is 16.4 Å². The molecule has 1 aromatic rings. The van der Waals surface area contributed by atoms with Crippen LogP contribution in [-0.4, -0.2) is 18.4 Å². The lowest BCUT2D eigenvalue weighted by atomic mass is 9.81. The summed E-state index contributed by atoms with van der Waals surface area (Å²) in [6.45, 7) is 4.27. The maximum Gasteiger partial charge on any atom is 0.231 e. The molecule has 0 spiro atoms. The topological polar surface area (TPSA) is 84.2 Å². The van der Waals surface area contributed by atoms with Crippen molar-refractivity contribution < 1.29 is 9.59 Å². The van der Waals surface area contributed by atoms with E-state index in [1.54, 1.807) is 6.07 Å². The molecule has 4 N–H and O–H groups in total. The zero-order valence-electron chi connectivity index (χ0n) is 13.3. The summed E-state index contributed by atoms with van der Waals surface area (Å²) in [5.41, 5.74) is 6.66. The molecule has 1 saturated carbocycles. The molecule has 1 aliphatic carbocycles. The fourth-order valence-corrected chi connectivity index (χ4v) is 2.48. The van der Waals surface area contributed by atoms with Crippen LogP contribution in [0.25, 0.3) is 0 Å². The maximum atomic E-state index is 12.5. The van der Waals surface area contributed by atoms with Gasteiger partial charge >= 0.3 is 0 Å². The minimum Gasteiger partial charge on any atom is -0.329 e. The van der Waals surface area contributed by atoms with Crippen LogP contribution in [0.2, 0.25) is 0 Å². The molecular weight excluding hydrogens is 278 g/mol. The first-order valence-electron chi connectivity index (χ1n) is 7.97. The van der Waals surface area contributed by atoms with Crippen LogP contribution in [0.3, 0.4) is 0 Å². The van der Waals surface area contributed by atoms with Crippen molar-refractivity contribution in [2.24, 2.45) is 17.1 Å². The number of amides is 2. The summed E-state index contributed by atoms with van der Waals surface area (Å²) in [7, 11) is 0. The van der Waals surface area contributed by atoms with Gasteiger partial charge in [-0.2, -0.15) is 0 Å². The summed E-state index contributed by atoms with van der Waals surface area (Å²) in [6, 6.07) is 7.24. The highest BCUT2D eigenvalue weighted by Gasteiger charge is 2.33. The van der Waals surface area contributed by atoms with Crippen molar-refractivity contribution in [2.45, 2.75) is 39.5 Å². The van der Waals surface area contributed by atoms with Crippen LogP contribution in [0, 0.1) is 11.3 Å². The lowest BCUT2D eigenvalue weighted by Gasteiger charge is -2.28. The van der Waals surface area contributed by atoms with Crippen molar-refractivity contribution >= 4 is 23.2 Å². The van der Waals surface area contributed by atoms with Crippen molar-refractivity contribution in [3.05, 3.63) is 24.3 Å². The summed E-state index contributed by atoms with van der Waals surface area (Å²) in [5, 5.41) is 5.81. The van der Waals surface area contributed by atoms with Gasteiger partial charge in [0.25, 0.3) is 0 Å². The van der Waals surface area contributed by atoms with Gasteiger partial charge in [-0.1, -0.05) is 19.9 Å². The molecule has 2 amide bonds. The standard InChI is InChI=1S/C17H25N3O2/c1-3-17(4-2,11-18)16(22)20-14-7-5-6-13(10-14)19-15(21)12-8-9-12/h5-7,10,12H,3-4,8-9,11,18H2,1-2H3,(H,19,21)(H,20,22). The van der Waals surface area contributed by atoms with E-state index in [0.717, 1.165) is 12.8 Å². The fourth-order valence-electron chi connectivity index (χ4n) is 2.48. The van der Waals surface area contributed by atoms with Crippen LogP contribution in [0.15, 0.2) is 24.3 Å². The zero-order chi connectivity index (χ0) is 16.2. The predicted octanol–water partition coefficient (Wildman–Crippen LogP) is 2.74. The van der Waals surface area contributed by atoms with Gasteiger partial charge in [-0.05, 0) is 43.9 Å². The molecule has 1 aromatic carbocycles. The van der Waals surface area contributed by atoms with Gasteiger partial charge in [0.2, 0.25) is 11.8 Å². The summed E-state index contributed by atoms with van der Waals surface area (Å²) >= 11 is 0. The summed E-state index contributed by atoms with van der Waals surface area (Å²) in [6.07, 6.45) is 3.33. The molecule has 2 rings (SSSR count). The number of rotatable bonds is 7. The Kier molecular flexibility index (Phi) is 5.19.